The summed E-state index contributed by atoms with van der Waals surface area (Å²) in [6.45, 7) is 6.58. The van der Waals surface area contributed by atoms with Crippen LogP contribution in [0.4, 0.5) is 0 Å². The molecule has 0 aromatic rings. The molecular formula is C23H42N2O3. The molecule has 3 rings (SSSR count). The minimum atomic E-state index is -0.337. The lowest BCUT2D eigenvalue weighted by molar-refractivity contribution is -0.138. The van der Waals surface area contributed by atoms with Crippen LogP contribution in [0.25, 0.3) is 0 Å². The predicted octanol–water partition coefficient (Wildman–Crippen LogP) is 3.45. The van der Waals surface area contributed by atoms with E-state index < -0.39 is 0 Å². The Kier molecular flexibility index (Phi) is 9.06. The van der Waals surface area contributed by atoms with E-state index in [1.807, 2.05) is 4.90 Å². The van der Waals surface area contributed by atoms with E-state index in [9.17, 15) is 9.90 Å². The average molecular weight is 395 g/mol. The quantitative estimate of drug-likeness (QED) is 0.685. The molecule has 0 spiro atoms. The molecule has 162 valence electrons. The Morgan fingerprint density at radius 3 is 2.25 bits per heavy atom. The first-order valence-corrected chi connectivity index (χ1v) is 11.9. The van der Waals surface area contributed by atoms with Gasteiger partial charge in [0.15, 0.2) is 0 Å². The van der Waals surface area contributed by atoms with Crippen molar-refractivity contribution >= 4 is 5.91 Å². The van der Waals surface area contributed by atoms with Crippen molar-refractivity contribution in [3.63, 3.8) is 0 Å². The van der Waals surface area contributed by atoms with Crippen LogP contribution >= 0.6 is 0 Å². The molecule has 0 atom stereocenters. The molecule has 5 heteroatoms. The molecule has 0 radical (unpaired) electrons. The molecule has 3 aliphatic rings. The van der Waals surface area contributed by atoms with Crippen LogP contribution in [-0.4, -0.2) is 72.4 Å². The van der Waals surface area contributed by atoms with E-state index in [4.69, 9.17) is 4.74 Å². The van der Waals surface area contributed by atoms with Gasteiger partial charge in [0.25, 0.3) is 0 Å². The van der Waals surface area contributed by atoms with E-state index in [-0.39, 0.29) is 12.5 Å². The first-order valence-electron chi connectivity index (χ1n) is 11.9. The van der Waals surface area contributed by atoms with Crippen molar-refractivity contribution in [2.75, 3.05) is 39.5 Å². The molecule has 0 aromatic heterocycles. The average Bonchev–Trinajstić information content (AvgIpc) is 2.77. The summed E-state index contributed by atoms with van der Waals surface area (Å²) in [6, 6.07) is 1.05. The normalized spacial score (nSPS) is 28.4. The van der Waals surface area contributed by atoms with Gasteiger partial charge in [-0.3, -0.25) is 4.79 Å². The number of aliphatic hydroxyl groups is 1. The van der Waals surface area contributed by atoms with Crippen LogP contribution in [0.2, 0.25) is 0 Å². The van der Waals surface area contributed by atoms with Crippen molar-refractivity contribution in [1.82, 2.24) is 9.80 Å². The molecule has 0 bridgehead atoms. The first-order chi connectivity index (χ1) is 13.7. The summed E-state index contributed by atoms with van der Waals surface area (Å²) >= 11 is 0. The standard InChI is InChI=1S/C23H42N2O3/c1-2-28-18-20-8-10-21(11-9-20)24-14-12-22(13-15-24)25(23(27)17-26)16-19-6-4-3-5-7-19/h19-22,26H,2-18H2,1H3. The summed E-state index contributed by atoms with van der Waals surface area (Å²) in [7, 11) is 0. The second-order valence-electron chi connectivity index (χ2n) is 9.31. The highest BCUT2D eigenvalue weighted by Crippen LogP contribution is 2.31. The number of piperidine rings is 1. The van der Waals surface area contributed by atoms with Crippen molar-refractivity contribution in [3.8, 4) is 0 Å². The molecule has 5 nitrogen and oxygen atoms in total. The zero-order valence-corrected chi connectivity index (χ0v) is 18.0. The SMILES string of the molecule is CCOCC1CCC(N2CCC(N(CC3CCCCC3)C(=O)CO)CC2)CC1. The van der Waals surface area contributed by atoms with E-state index in [0.717, 1.165) is 57.6 Å². The van der Waals surface area contributed by atoms with E-state index >= 15 is 0 Å². The van der Waals surface area contributed by atoms with Crippen LogP contribution < -0.4 is 0 Å². The fraction of sp³-hybridized carbons (Fsp3) is 0.957. The number of amides is 1. The van der Waals surface area contributed by atoms with Gasteiger partial charge in [-0.05, 0) is 70.1 Å². The van der Waals surface area contributed by atoms with Crippen molar-refractivity contribution < 1.29 is 14.6 Å². The Hall–Kier alpha value is -0.650. The molecule has 0 aromatic carbocycles. The largest absolute Gasteiger partial charge is 0.387 e. The molecular weight excluding hydrogens is 352 g/mol. The van der Waals surface area contributed by atoms with Gasteiger partial charge in [-0.25, -0.2) is 0 Å². The van der Waals surface area contributed by atoms with Crippen LogP contribution in [0.15, 0.2) is 0 Å². The Labute approximate surface area is 171 Å². The van der Waals surface area contributed by atoms with E-state index in [1.165, 1.54) is 57.8 Å². The maximum Gasteiger partial charge on any atom is 0.248 e. The van der Waals surface area contributed by atoms with Gasteiger partial charge in [-0.2, -0.15) is 0 Å². The molecule has 3 fully saturated rings. The number of hydrogen-bond donors (Lipinski definition) is 1. The van der Waals surface area contributed by atoms with Crippen LogP contribution in [0.5, 0.6) is 0 Å². The number of ether oxygens (including phenoxy) is 1. The number of hydrogen-bond acceptors (Lipinski definition) is 4. The monoisotopic (exact) mass is 394 g/mol. The van der Waals surface area contributed by atoms with Crippen LogP contribution in [0.1, 0.15) is 77.6 Å². The summed E-state index contributed by atoms with van der Waals surface area (Å²) in [5.74, 6) is 1.34. The summed E-state index contributed by atoms with van der Waals surface area (Å²) < 4.78 is 5.62. The zero-order chi connectivity index (χ0) is 19.8. The highest BCUT2D eigenvalue weighted by atomic mass is 16.5. The highest BCUT2D eigenvalue weighted by molar-refractivity contribution is 5.77. The van der Waals surface area contributed by atoms with Gasteiger partial charge in [0.2, 0.25) is 5.91 Å². The topological polar surface area (TPSA) is 53.0 Å². The smallest absolute Gasteiger partial charge is 0.248 e. The number of likely N-dealkylation sites (tertiary alicyclic amines) is 1. The number of nitrogens with zero attached hydrogens (tertiary/aromatic N) is 2. The molecule has 0 unspecified atom stereocenters. The third-order valence-electron chi connectivity index (χ3n) is 7.47. The molecule has 2 aliphatic carbocycles. The van der Waals surface area contributed by atoms with Gasteiger partial charge in [-0.15, -0.1) is 0 Å². The van der Waals surface area contributed by atoms with Crippen molar-refractivity contribution in [2.45, 2.75) is 89.6 Å². The molecule has 1 N–H and O–H groups in total. The van der Waals surface area contributed by atoms with Crippen LogP contribution in [0, 0.1) is 11.8 Å². The third kappa shape index (κ3) is 6.17. The second kappa shape index (κ2) is 11.5. The lowest BCUT2D eigenvalue weighted by Gasteiger charge is -2.44. The summed E-state index contributed by atoms with van der Waals surface area (Å²) in [4.78, 5) is 17.2. The van der Waals surface area contributed by atoms with Crippen molar-refractivity contribution in [3.05, 3.63) is 0 Å². The molecule has 1 saturated heterocycles. The Morgan fingerprint density at radius 1 is 0.964 bits per heavy atom. The fourth-order valence-electron chi connectivity index (χ4n) is 5.72. The van der Waals surface area contributed by atoms with Crippen LogP contribution in [-0.2, 0) is 9.53 Å². The Morgan fingerprint density at radius 2 is 1.64 bits per heavy atom. The number of carbonyl (C=O) groups is 1. The lowest BCUT2D eigenvalue weighted by Crippen LogP contribution is -2.52. The summed E-state index contributed by atoms with van der Waals surface area (Å²) in [5, 5.41) is 9.50. The maximum absolute atomic E-state index is 12.4. The Balaban J connectivity index is 1.45. The molecule has 1 amide bonds. The summed E-state index contributed by atoms with van der Waals surface area (Å²) in [6.07, 6.45) is 13.8. The van der Waals surface area contributed by atoms with Crippen molar-refractivity contribution in [1.29, 1.82) is 0 Å². The minimum absolute atomic E-state index is 0.0551. The first kappa shape index (κ1) is 22.0. The molecule has 2 saturated carbocycles. The zero-order valence-electron chi connectivity index (χ0n) is 18.0. The maximum atomic E-state index is 12.4. The van der Waals surface area contributed by atoms with E-state index in [0.29, 0.717) is 12.0 Å². The lowest BCUT2D eigenvalue weighted by atomic mass is 9.84. The van der Waals surface area contributed by atoms with Crippen LogP contribution in [0.3, 0.4) is 0 Å². The van der Waals surface area contributed by atoms with E-state index in [1.54, 1.807) is 0 Å². The summed E-state index contributed by atoms with van der Waals surface area (Å²) in [5.41, 5.74) is 0. The fourth-order valence-corrected chi connectivity index (χ4v) is 5.72. The van der Waals surface area contributed by atoms with Gasteiger partial charge in [0, 0.05) is 44.9 Å². The van der Waals surface area contributed by atoms with Gasteiger partial charge in [0.05, 0.1) is 0 Å². The van der Waals surface area contributed by atoms with Crippen molar-refractivity contribution in [2.24, 2.45) is 11.8 Å². The minimum Gasteiger partial charge on any atom is -0.387 e. The number of aliphatic hydroxyl groups excluding tert-OH is 1. The van der Waals surface area contributed by atoms with Gasteiger partial charge in [-0.1, -0.05) is 19.3 Å². The number of carbonyl (C=O) groups excluding carboxylic acids is 1. The highest BCUT2D eigenvalue weighted by Gasteiger charge is 2.33. The molecule has 1 heterocycles. The van der Waals surface area contributed by atoms with Gasteiger partial charge >= 0.3 is 0 Å². The number of rotatable bonds is 8. The molecule has 1 aliphatic heterocycles. The second-order valence-corrected chi connectivity index (χ2v) is 9.31. The Bertz CT molecular complexity index is 451. The molecule has 28 heavy (non-hydrogen) atoms. The van der Waals surface area contributed by atoms with Gasteiger partial charge in [0.1, 0.15) is 6.61 Å². The van der Waals surface area contributed by atoms with Gasteiger partial charge < -0.3 is 19.6 Å². The van der Waals surface area contributed by atoms with E-state index in [2.05, 4.69) is 11.8 Å². The third-order valence-corrected chi connectivity index (χ3v) is 7.47. The predicted molar refractivity (Wildman–Crippen MR) is 112 cm³/mol.